The molecule has 206 valence electrons. The molecule has 4 rings (SSSR count). The Kier molecular flexibility index (Phi) is 7.52. The minimum absolute atomic E-state index is 0.0406. The van der Waals surface area contributed by atoms with E-state index >= 15 is 0 Å². The lowest BCUT2D eigenvalue weighted by molar-refractivity contribution is -0.147. The van der Waals surface area contributed by atoms with Gasteiger partial charge in [-0.25, -0.2) is 4.98 Å². The molecular formula is C24H34F3N5O4S. The fourth-order valence-electron chi connectivity index (χ4n) is 4.81. The summed E-state index contributed by atoms with van der Waals surface area (Å²) in [6, 6.07) is 4.38. The third kappa shape index (κ3) is 5.73. The first-order valence-electron chi connectivity index (χ1n) is 12.4. The number of aromatic nitrogens is 2. The molecule has 2 saturated heterocycles. The predicted molar refractivity (Wildman–Crippen MR) is 133 cm³/mol. The summed E-state index contributed by atoms with van der Waals surface area (Å²) < 4.78 is 77.0. The molecule has 9 nitrogen and oxygen atoms in total. The van der Waals surface area contributed by atoms with Crippen LogP contribution < -0.4 is 4.31 Å². The van der Waals surface area contributed by atoms with Gasteiger partial charge in [-0.3, -0.25) is 9.10 Å². The van der Waals surface area contributed by atoms with E-state index < -0.39 is 27.6 Å². The molecule has 1 aromatic carbocycles. The summed E-state index contributed by atoms with van der Waals surface area (Å²) in [5.74, 6) is -0.990. The van der Waals surface area contributed by atoms with E-state index in [1.54, 1.807) is 4.90 Å². The molecule has 2 aromatic rings. The summed E-state index contributed by atoms with van der Waals surface area (Å²) in [7, 11) is -2.60. The molecular weight excluding hydrogens is 511 g/mol. The smallest absolute Gasteiger partial charge is 0.381 e. The van der Waals surface area contributed by atoms with Crippen molar-refractivity contribution in [3.63, 3.8) is 0 Å². The van der Waals surface area contributed by atoms with Gasteiger partial charge in [0.2, 0.25) is 11.7 Å². The summed E-state index contributed by atoms with van der Waals surface area (Å²) in [5.41, 5.74) is 0.0452. The molecule has 0 saturated carbocycles. The van der Waals surface area contributed by atoms with Crippen LogP contribution in [0.1, 0.15) is 39.4 Å². The van der Waals surface area contributed by atoms with Crippen LogP contribution in [0.15, 0.2) is 18.2 Å². The monoisotopic (exact) mass is 545 g/mol. The van der Waals surface area contributed by atoms with Gasteiger partial charge in [0.25, 0.3) is 0 Å². The van der Waals surface area contributed by atoms with Crippen molar-refractivity contribution in [2.45, 2.75) is 46.3 Å². The lowest BCUT2D eigenvalue weighted by atomic mass is 9.94. The van der Waals surface area contributed by atoms with Gasteiger partial charge < -0.3 is 14.2 Å². The Labute approximate surface area is 215 Å². The van der Waals surface area contributed by atoms with Crippen LogP contribution in [0.2, 0.25) is 0 Å². The molecule has 0 aliphatic carbocycles. The normalized spacial score (nSPS) is 18.9. The van der Waals surface area contributed by atoms with Crippen LogP contribution in [0, 0.1) is 11.3 Å². The van der Waals surface area contributed by atoms with Gasteiger partial charge >= 0.3 is 16.4 Å². The molecule has 0 atom stereocenters. The average molecular weight is 546 g/mol. The van der Waals surface area contributed by atoms with Gasteiger partial charge in [0.15, 0.2) is 0 Å². The lowest BCUT2D eigenvalue weighted by Gasteiger charge is -2.38. The van der Waals surface area contributed by atoms with Gasteiger partial charge in [0.1, 0.15) is 0 Å². The molecule has 0 bridgehead atoms. The molecule has 0 unspecified atom stereocenters. The highest BCUT2D eigenvalue weighted by Crippen LogP contribution is 2.35. The van der Waals surface area contributed by atoms with Crippen molar-refractivity contribution in [2.75, 3.05) is 50.7 Å². The second-order valence-corrected chi connectivity index (χ2v) is 12.6. The van der Waals surface area contributed by atoms with E-state index in [2.05, 4.69) is 4.98 Å². The van der Waals surface area contributed by atoms with Crippen LogP contribution >= 0.6 is 0 Å². The highest BCUT2D eigenvalue weighted by molar-refractivity contribution is 7.90. The number of fused-ring (bicyclic) bond motifs is 1. The van der Waals surface area contributed by atoms with Crippen LogP contribution in [-0.2, 0) is 32.5 Å². The van der Waals surface area contributed by atoms with Crippen molar-refractivity contribution in [1.82, 2.24) is 18.8 Å². The third-order valence-electron chi connectivity index (χ3n) is 6.97. The number of alkyl halides is 3. The predicted octanol–water partition coefficient (Wildman–Crippen LogP) is 3.35. The van der Waals surface area contributed by atoms with E-state index in [1.165, 1.54) is 34.1 Å². The molecule has 13 heteroatoms. The molecule has 2 fully saturated rings. The van der Waals surface area contributed by atoms with Gasteiger partial charge in [-0.05, 0) is 37.0 Å². The van der Waals surface area contributed by atoms with Crippen LogP contribution in [0.4, 0.5) is 18.9 Å². The van der Waals surface area contributed by atoms with Gasteiger partial charge in [0.05, 0.1) is 16.7 Å². The van der Waals surface area contributed by atoms with Crippen molar-refractivity contribution >= 4 is 32.8 Å². The van der Waals surface area contributed by atoms with Gasteiger partial charge in [-0.2, -0.15) is 25.9 Å². The number of anilines is 1. The summed E-state index contributed by atoms with van der Waals surface area (Å²) >= 11 is 0. The minimum Gasteiger partial charge on any atom is -0.381 e. The number of carbonyl (C=O) groups excluding carboxylic acids is 1. The third-order valence-corrected chi connectivity index (χ3v) is 8.89. The quantitative estimate of drug-likeness (QED) is 0.575. The number of amides is 1. The fourth-order valence-corrected chi connectivity index (χ4v) is 6.16. The number of rotatable bonds is 5. The van der Waals surface area contributed by atoms with E-state index in [0.717, 1.165) is 4.31 Å². The molecule has 1 aromatic heterocycles. The van der Waals surface area contributed by atoms with Crippen LogP contribution in [0.3, 0.4) is 0 Å². The second kappa shape index (κ2) is 10.1. The van der Waals surface area contributed by atoms with Gasteiger partial charge in [0, 0.05) is 58.4 Å². The SMILES string of the molecule is CN(c1ccc2c(c1)nc(C(F)(F)F)n2CC1CCOCC1)S(=O)(=O)N1CCN(C(=O)C(C)(C)C)CC1. The first kappa shape index (κ1) is 27.6. The van der Waals surface area contributed by atoms with Crippen LogP contribution in [0.25, 0.3) is 11.0 Å². The Hall–Kier alpha value is -2.38. The van der Waals surface area contributed by atoms with Gasteiger partial charge in [-0.1, -0.05) is 20.8 Å². The summed E-state index contributed by atoms with van der Waals surface area (Å²) in [6.45, 7) is 7.46. The maximum atomic E-state index is 13.8. The Balaban J connectivity index is 1.57. The zero-order valence-electron chi connectivity index (χ0n) is 21.6. The second-order valence-electron chi connectivity index (χ2n) is 10.7. The summed E-state index contributed by atoms with van der Waals surface area (Å²) in [5, 5.41) is 0. The minimum atomic E-state index is -4.65. The Bertz CT molecular complexity index is 1240. The van der Waals surface area contributed by atoms with E-state index in [9.17, 15) is 26.4 Å². The van der Waals surface area contributed by atoms with E-state index in [-0.39, 0.29) is 55.8 Å². The number of piperazine rings is 1. The van der Waals surface area contributed by atoms with Gasteiger partial charge in [-0.15, -0.1) is 0 Å². The number of benzene rings is 1. The standard InChI is InChI=1S/C24H34F3N5O4S/c1-23(2,3)22(33)30-9-11-31(12-10-30)37(34,35)29(4)18-5-6-20-19(15-18)28-21(24(25,26)27)32(20)16-17-7-13-36-14-8-17/h5-6,15,17H,7-14,16H2,1-4H3. The maximum Gasteiger partial charge on any atom is 0.449 e. The molecule has 37 heavy (non-hydrogen) atoms. The molecule has 1 amide bonds. The number of ether oxygens (including phenoxy) is 1. The summed E-state index contributed by atoms with van der Waals surface area (Å²) in [6.07, 6.45) is -3.30. The Morgan fingerprint density at radius 3 is 2.30 bits per heavy atom. The van der Waals surface area contributed by atoms with Crippen LogP contribution in [0.5, 0.6) is 0 Å². The number of hydrogen-bond donors (Lipinski definition) is 0. The molecule has 3 heterocycles. The number of nitrogens with zero attached hydrogens (tertiary/aromatic N) is 5. The Morgan fingerprint density at radius 2 is 1.73 bits per heavy atom. The topological polar surface area (TPSA) is 88.0 Å². The van der Waals surface area contributed by atoms with Crippen molar-refractivity contribution in [2.24, 2.45) is 11.3 Å². The Morgan fingerprint density at radius 1 is 1.11 bits per heavy atom. The zero-order chi connectivity index (χ0) is 27.2. The first-order chi connectivity index (χ1) is 17.2. The van der Waals surface area contributed by atoms with Crippen molar-refractivity contribution in [1.29, 1.82) is 0 Å². The molecule has 2 aliphatic heterocycles. The molecule has 0 radical (unpaired) electrons. The van der Waals surface area contributed by atoms with E-state index in [1.807, 2.05) is 20.8 Å². The highest BCUT2D eigenvalue weighted by Gasteiger charge is 2.39. The van der Waals surface area contributed by atoms with E-state index in [0.29, 0.717) is 31.6 Å². The number of carbonyl (C=O) groups is 1. The van der Waals surface area contributed by atoms with Crippen molar-refractivity contribution in [3.05, 3.63) is 24.0 Å². The molecule has 0 N–H and O–H groups in total. The van der Waals surface area contributed by atoms with Crippen molar-refractivity contribution in [3.8, 4) is 0 Å². The maximum absolute atomic E-state index is 13.8. The number of hydrogen-bond acceptors (Lipinski definition) is 5. The highest BCUT2D eigenvalue weighted by atomic mass is 32.2. The molecule has 0 spiro atoms. The number of imidazole rings is 1. The molecule has 2 aliphatic rings. The fraction of sp³-hybridized carbons (Fsp3) is 0.667. The van der Waals surface area contributed by atoms with Crippen LogP contribution in [-0.4, -0.2) is 79.5 Å². The zero-order valence-corrected chi connectivity index (χ0v) is 22.4. The number of halogens is 3. The lowest BCUT2D eigenvalue weighted by Crippen LogP contribution is -2.55. The summed E-state index contributed by atoms with van der Waals surface area (Å²) in [4.78, 5) is 18.1. The average Bonchev–Trinajstić information content (AvgIpc) is 3.21. The largest absolute Gasteiger partial charge is 0.449 e. The van der Waals surface area contributed by atoms with Crippen molar-refractivity contribution < 1.29 is 31.1 Å². The first-order valence-corrected chi connectivity index (χ1v) is 13.8. The van der Waals surface area contributed by atoms with E-state index in [4.69, 9.17) is 4.74 Å².